The molecule has 0 bridgehead atoms. The number of para-hydroxylation sites is 1. The van der Waals surface area contributed by atoms with Crippen molar-refractivity contribution in [3.05, 3.63) is 205 Å². The van der Waals surface area contributed by atoms with E-state index in [1.165, 1.54) is 21.7 Å². The smallest absolute Gasteiger partial charge is 0.0977 e. The van der Waals surface area contributed by atoms with E-state index in [-0.39, 0.29) is 0 Å². The second-order valence-electron chi connectivity index (χ2n) is 11.7. The van der Waals surface area contributed by atoms with Crippen molar-refractivity contribution in [1.29, 1.82) is 0 Å². The Bertz CT molecular complexity index is 2300. The molecule has 0 spiro atoms. The molecule has 48 heavy (non-hydrogen) atoms. The maximum absolute atomic E-state index is 4.96. The average Bonchev–Trinajstić information content (AvgIpc) is 3.16. The molecule has 0 aliphatic carbocycles. The molecule has 0 atom stereocenters. The number of hydrogen-bond acceptors (Lipinski definition) is 3. The molecule has 8 aromatic rings. The Hall–Kier alpha value is -6.45. The van der Waals surface area contributed by atoms with Gasteiger partial charge in [0.2, 0.25) is 0 Å². The summed E-state index contributed by atoms with van der Waals surface area (Å²) in [6, 6.07) is 68.0. The van der Waals surface area contributed by atoms with E-state index in [4.69, 9.17) is 5.10 Å². The summed E-state index contributed by atoms with van der Waals surface area (Å²) >= 11 is 0. The zero-order valence-electron chi connectivity index (χ0n) is 26.4. The van der Waals surface area contributed by atoms with Gasteiger partial charge in [-0.1, -0.05) is 158 Å². The molecule has 0 radical (unpaired) electrons. The molecule has 3 heteroatoms. The Morgan fingerprint density at radius 2 is 0.958 bits per heavy atom. The summed E-state index contributed by atoms with van der Waals surface area (Å²) in [5.74, 6) is 0. The maximum Gasteiger partial charge on any atom is 0.0977 e. The van der Waals surface area contributed by atoms with E-state index in [0.717, 1.165) is 50.5 Å². The van der Waals surface area contributed by atoms with Crippen LogP contribution < -0.4 is 10.3 Å². The summed E-state index contributed by atoms with van der Waals surface area (Å²) in [5, 5.41) is 9.68. The van der Waals surface area contributed by atoms with Crippen LogP contribution in [0.15, 0.2) is 199 Å². The van der Waals surface area contributed by atoms with Gasteiger partial charge in [0.15, 0.2) is 0 Å². The number of nitrogens with one attached hydrogen (secondary N) is 1. The van der Waals surface area contributed by atoms with Crippen LogP contribution in [0.2, 0.25) is 0 Å². The number of nitrogens with zero attached hydrogens (tertiary/aromatic N) is 2. The van der Waals surface area contributed by atoms with Crippen molar-refractivity contribution in [2.24, 2.45) is 5.10 Å². The summed E-state index contributed by atoms with van der Waals surface area (Å²) in [5.41, 5.74) is 13.1. The second kappa shape index (κ2) is 13.1. The van der Waals surface area contributed by atoms with Gasteiger partial charge in [-0.25, -0.2) is 0 Å². The highest BCUT2D eigenvalue weighted by atomic mass is 15.3. The van der Waals surface area contributed by atoms with Gasteiger partial charge in [-0.05, 0) is 58.3 Å². The molecule has 0 amide bonds. The van der Waals surface area contributed by atoms with Gasteiger partial charge in [-0.15, -0.1) is 0 Å². The van der Waals surface area contributed by atoms with Gasteiger partial charge in [-0.3, -0.25) is 5.43 Å². The molecule has 8 rings (SSSR count). The first-order valence-corrected chi connectivity index (χ1v) is 16.2. The summed E-state index contributed by atoms with van der Waals surface area (Å²) < 4.78 is 0. The fourth-order valence-corrected chi connectivity index (χ4v) is 6.46. The highest BCUT2D eigenvalue weighted by Crippen LogP contribution is 2.40. The topological polar surface area (TPSA) is 27.6 Å². The molecule has 0 unspecified atom stereocenters. The summed E-state index contributed by atoms with van der Waals surface area (Å²) in [6.07, 6.45) is 0. The van der Waals surface area contributed by atoms with Crippen molar-refractivity contribution in [3.63, 3.8) is 0 Å². The van der Waals surface area contributed by atoms with E-state index in [0.29, 0.717) is 0 Å². The Labute approximate surface area is 281 Å². The van der Waals surface area contributed by atoms with Crippen LogP contribution in [-0.2, 0) is 0 Å². The van der Waals surface area contributed by atoms with Gasteiger partial charge >= 0.3 is 0 Å². The maximum atomic E-state index is 4.96. The summed E-state index contributed by atoms with van der Waals surface area (Å²) in [4.78, 5) is 2.34. The zero-order valence-corrected chi connectivity index (χ0v) is 26.4. The van der Waals surface area contributed by atoms with E-state index in [1.807, 2.05) is 36.4 Å². The lowest BCUT2D eigenvalue weighted by atomic mass is 9.97. The van der Waals surface area contributed by atoms with Crippen LogP contribution in [0, 0.1) is 0 Å². The van der Waals surface area contributed by atoms with E-state index >= 15 is 0 Å². The third-order valence-electron chi connectivity index (χ3n) is 8.76. The van der Waals surface area contributed by atoms with Crippen molar-refractivity contribution in [2.75, 3.05) is 10.3 Å². The highest BCUT2D eigenvalue weighted by molar-refractivity contribution is 6.13. The molecule has 228 valence electrons. The quantitative estimate of drug-likeness (QED) is 0.136. The Kier molecular flexibility index (Phi) is 7.92. The molecule has 0 aromatic heterocycles. The molecule has 0 saturated carbocycles. The lowest BCUT2D eigenvalue weighted by Gasteiger charge is -2.27. The minimum absolute atomic E-state index is 0.897. The predicted octanol–water partition coefficient (Wildman–Crippen LogP) is 12.0. The van der Waals surface area contributed by atoms with Gasteiger partial charge in [0.25, 0.3) is 0 Å². The number of hydrazone groups is 1. The first-order valence-electron chi connectivity index (χ1n) is 16.2. The molecule has 0 heterocycles. The van der Waals surface area contributed by atoms with Gasteiger partial charge in [0, 0.05) is 33.3 Å². The standard InChI is InChI=1S/C45H33N3/c1-4-16-35(17-5-1)45(36-18-6-2-7-19-36)47-46-43-27-14-25-41-39(24-13-26-42(41)43)34-29-31-38(32-30-34)48(37-21-8-3-9-22-37)44-28-12-20-33-15-10-11-23-40(33)44/h1-32,46H. The zero-order chi connectivity index (χ0) is 32.1. The van der Waals surface area contributed by atoms with Gasteiger partial charge in [-0.2, -0.15) is 5.10 Å². The van der Waals surface area contributed by atoms with E-state index in [2.05, 4.69) is 168 Å². The second-order valence-corrected chi connectivity index (χ2v) is 11.7. The molecule has 1 N–H and O–H groups in total. The first-order chi connectivity index (χ1) is 23.8. The van der Waals surface area contributed by atoms with Gasteiger partial charge < -0.3 is 4.90 Å². The van der Waals surface area contributed by atoms with Crippen molar-refractivity contribution >= 4 is 50.0 Å². The molecule has 0 fully saturated rings. The van der Waals surface area contributed by atoms with E-state index in [9.17, 15) is 0 Å². The molecular formula is C45H33N3. The number of hydrogen-bond donors (Lipinski definition) is 1. The van der Waals surface area contributed by atoms with Crippen molar-refractivity contribution in [2.45, 2.75) is 0 Å². The average molecular weight is 616 g/mol. The van der Waals surface area contributed by atoms with Crippen LogP contribution in [0.4, 0.5) is 22.7 Å². The van der Waals surface area contributed by atoms with Crippen molar-refractivity contribution in [1.82, 2.24) is 0 Å². The monoisotopic (exact) mass is 615 g/mol. The number of benzene rings is 8. The SMILES string of the molecule is c1ccc(C(=NNc2cccc3c(-c4ccc(N(c5ccccc5)c5cccc6ccccc56)cc4)cccc23)c2ccccc2)cc1. The largest absolute Gasteiger partial charge is 0.310 e. The summed E-state index contributed by atoms with van der Waals surface area (Å²) in [6.45, 7) is 0. The van der Waals surface area contributed by atoms with Crippen molar-refractivity contribution in [3.8, 4) is 11.1 Å². The van der Waals surface area contributed by atoms with Crippen LogP contribution in [0.25, 0.3) is 32.7 Å². The van der Waals surface area contributed by atoms with Gasteiger partial charge in [0.05, 0.1) is 17.1 Å². The third kappa shape index (κ3) is 5.70. The Morgan fingerprint density at radius 3 is 1.69 bits per heavy atom. The lowest BCUT2D eigenvalue weighted by Crippen LogP contribution is -2.10. The number of fused-ring (bicyclic) bond motifs is 2. The fraction of sp³-hybridized carbons (Fsp3) is 0. The minimum Gasteiger partial charge on any atom is -0.310 e. The lowest BCUT2D eigenvalue weighted by molar-refractivity contribution is 1.30. The van der Waals surface area contributed by atoms with Crippen LogP contribution >= 0.6 is 0 Å². The van der Waals surface area contributed by atoms with Gasteiger partial charge in [0.1, 0.15) is 0 Å². The first kappa shape index (κ1) is 29.0. The molecule has 0 aliphatic heterocycles. The summed E-state index contributed by atoms with van der Waals surface area (Å²) in [7, 11) is 0. The fourth-order valence-electron chi connectivity index (χ4n) is 6.46. The predicted molar refractivity (Wildman–Crippen MR) is 204 cm³/mol. The van der Waals surface area contributed by atoms with Crippen molar-refractivity contribution < 1.29 is 0 Å². The van der Waals surface area contributed by atoms with Crippen LogP contribution in [0.3, 0.4) is 0 Å². The minimum atomic E-state index is 0.897. The molecular weight excluding hydrogens is 583 g/mol. The molecule has 0 aliphatic rings. The molecule has 0 saturated heterocycles. The van der Waals surface area contributed by atoms with Crippen LogP contribution in [0.5, 0.6) is 0 Å². The Morgan fingerprint density at radius 1 is 0.417 bits per heavy atom. The Balaban J connectivity index is 1.17. The van der Waals surface area contributed by atoms with E-state index in [1.54, 1.807) is 0 Å². The normalized spacial score (nSPS) is 10.9. The number of rotatable bonds is 8. The molecule has 3 nitrogen and oxygen atoms in total. The highest BCUT2D eigenvalue weighted by Gasteiger charge is 2.16. The van der Waals surface area contributed by atoms with E-state index < -0.39 is 0 Å². The number of anilines is 4. The van der Waals surface area contributed by atoms with Crippen LogP contribution in [-0.4, -0.2) is 5.71 Å². The third-order valence-corrected chi connectivity index (χ3v) is 8.76. The van der Waals surface area contributed by atoms with Crippen LogP contribution in [0.1, 0.15) is 11.1 Å². The molecule has 8 aromatic carbocycles.